The van der Waals surface area contributed by atoms with Gasteiger partial charge in [0.05, 0.1) is 0 Å². The molecule has 0 radical (unpaired) electrons. The number of aromatic nitrogens is 7. The van der Waals surface area contributed by atoms with E-state index in [-0.39, 0.29) is 5.82 Å². The standard InChI is InChI=1S/C5H4N8/c1-12-5(8-10-11-12)13-3-7-4(2-6)9-13/h3H,1H3. The fraction of sp³-hybridized carbons (Fsp3) is 0.200. The van der Waals surface area contributed by atoms with E-state index < -0.39 is 0 Å². The average molecular weight is 176 g/mol. The van der Waals surface area contributed by atoms with Crippen LogP contribution in [0.1, 0.15) is 5.82 Å². The molecular weight excluding hydrogens is 172 g/mol. The molecule has 0 aliphatic rings. The number of nitriles is 1. The Morgan fingerprint density at radius 2 is 2.38 bits per heavy atom. The molecule has 0 aliphatic carbocycles. The largest absolute Gasteiger partial charge is 0.271 e. The SMILES string of the molecule is Cn1nnnc1-n1cnc(C#N)n1. The van der Waals surface area contributed by atoms with Crippen molar-refractivity contribution in [3.05, 3.63) is 12.2 Å². The van der Waals surface area contributed by atoms with E-state index in [2.05, 4.69) is 25.6 Å². The van der Waals surface area contributed by atoms with Crippen LogP contribution in [0.4, 0.5) is 0 Å². The van der Waals surface area contributed by atoms with Gasteiger partial charge in [0.2, 0.25) is 0 Å². The van der Waals surface area contributed by atoms with Crippen LogP contribution in [0.25, 0.3) is 5.95 Å². The minimum Gasteiger partial charge on any atom is -0.213 e. The Hall–Kier alpha value is -2.30. The summed E-state index contributed by atoms with van der Waals surface area (Å²) >= 11 is 0. The van der Waals surface area contributed by atoms with Gasteiger partial charge in [0.25, 0.3) is 11.8 Å². The summed E-state index contributed by atoms with van der Waals surface area (Å²) in [4.78, 5) is 3.71. The molecule has 13 heavy (non-hydrogen) atoms. The number of tetrazole rings is 1. The van der Waals surface area contributed by atoms with E-state index in [4.69, 9.17) is 5.26 Å². The highest BCUT2D eigenvalue weighted by Gasteiger charge is 2.06. The minimum atomic E-state index is 0.0861. The van der Waals surface area contributed by atoms with Gasteiger partial charge in [0.1, 0.15) is 12.4 Å². The molecule has 0 fully saturated rings. The van der Waals surface area contributed by atoms with Crippen molar-refractivity contribution in [3.63, 3.8) is 0 Å². The number of hydrogen-bond donors (Lipinski definition) is 0. The maximum absolute atomic E-state index is 8.47. The maximum atomic E-state index is 8.47. The van der Waals surface area contributed by atoms with Crippen molar-refractivity contribution in [2.75, 3.05) is 0 Å². The quantitative estimate of drug-likeness (QED) is 0.533. The van der Waals surface area contributed by atoms with Crippen molar-refractivity contribution in [2.24, 2.45) is 7.05 Å². The summed E-state index contributed by atoms with van der Waals surface area (Å²) in [6.45, 7) is 0. The van der Waals surface area contributed by atoms with Crippen LogP contribution < -0.4 is 0 Å². The lowest BCUT2D eigenvalue weighted by Gasteiger charge is -1.93. The van der Waals surface area contributed by atoms with Crippen LogP contribution in [-0.4, -0.2) is 35.0 Å². The van der Waals surface area contributed by atoms with E-state index in [0.29, 0.717) is 5.95 Å². The van der Waals surface area contributed by atoms with Crippen molar-refractivity contribution in [1.29, 1.82) is 5.26 Å². The van der Waals surface area contributed by atoms with Gasteiger partial charge in [0, 0.05) is 7.05 Å². The van der Waals surface area contributed by atoms with Crippen molar-refractivity contribution in [2.45, 2.75) is 0 Å². The summed E-state index contributed by atoms with van der Waals surface area (Å²) < 4.78 is 2.76. The molecule has 0 aliphatic heterocycles. The Bertz CT molecular complexity index is 459. The minimum absolute atomic E-state index is 0.0861. The first kappa shape index (κ1) is 7.35. The van der Waals surface area contributed by atoms with Gasteiger partial charge in [-0.1, -0.05) is 5.10 Å². The van der Waals surface area contributed by atoms with Gasteiger partial charge in [-0.15, -0.1) is 5.10 Å². The molecule has 0 unspecified atom stereocenters. The van der Waals surface area contributed by atoms with E-state index in [1.807, 2.05) is 6.07 Å². The molecule has 0 atom stereocenters. The Kier molecular flexibility index (Phi) is 1.49. The van der Waals surface area contributed by atoms with Crippen LogP contribution in [0.15, 0.2) is 6.33 Å². The second kappa shape index (κ2) is 2.63. The van der Waals surface area contributed by atoms with Gasteiger partial charge in [0.15, 0.2) is 0 Å². The Morgan fingerprint density at radius 1 is 1.54 bits per heavy atom. The summed E-state index contributed by atoms with van der Waals surface area (Å²) in [5.74, 6) is 0.497. The summed E-state index contributed by atoms with van der Waals surface area (Å²) in [7, 11) is 1.67. The first-order chi connectivity index (χ1) is 6.31. The second-order valence-corrected chi connectivity index (χ2v) is 2.23. The molecule has 0 amide bonds. The van der Waals surface area contributed by atoms with Crippen molar-refractivity contribution in [3.8, 4) is 12.0 Å². The summed E-state index contributed by atoms with van der Waals surface area (Å²) in [6, 6.07) is 1.81. The third kappa shape index (κ3) is 1.12. The molecule has 8 nitrogen and oxygen atoms in total. The lowest BCUT2D eigenvalue weighted by molar-refractivity contribution is 0.670. The van der Waals surface area contributed by atoms with Crippen LogP contribution >= 0.6 is 0 Å². The van der Waals surface area contributed by atoms with Crippen LogP contribution in [0.3, 0.4) is 0 Å². The third-order valence-electron chi connectivity index (χ3n) is 1.39. The fourth-order valence-electron chi connectivity index (χ4n) is 0.829. The Labute approximate surface area is 72.4 Å². The summed E-state index contributed by atoms with van der Waals surface area (Å²) in [5.41, 5.74) is 0. The first-order valence-electron chi connectivity index (χ1n) is 3.36. The van der Waals surface area contributed by atoms with Crippen LogP contribution in [0.5, 0.6) is 0 Å². The molecule has 64 valence electrons. The zero-order chi connectivity index (χ0) is 9.26. The number of nitrogens with zero attached hydrogens (tertiary/aromatic N) is 8. The Balaban J connectivity index is 2.48. The highest BCUT2D eigenvalue weighted by Crippen LogP contribution is 1.96. The maximum Gasteiger partial charge on any atom is 0.271 e. The highest BCUT2D eigenvalue weighted by molar-refractivity contribution is 5.10. The zero-order valence-electron chi connectivity index (χ0n) is 6.66. The van der Waals surface area contributed by atoms with E-state index in [9.17, 15) is 0 Å². The van der Waals surface area contributed by atoms with E-state index in [1.54, 1.807) is 7.05 Å². The number of aryl methyl sites for hydroxylation is 1. The van der Waals surface area contributed by atoms with Gasteiger partial charge in [-0.2, -0.15) is 9.94 Å². The van der Waals surface area contributed by atoms with Crippen LogP contribution in [0.2, 0.25) is 0 Å². The number of rotatable bonds is 1. The third-order valence-corrected chi connectivity index (χ3v) is 1.39. The van der Waals surface area contributed by atoms with Gasteiger partial charge in [-0.25, -0.2) is 9.67 Å². The lowest BCUT2D eigenvalue weighted by atomic mass is 10.7. The summed E-state index contributed by atoms with van der Waals surface area (Å²) in [5, 5.41) is 23.0. The molecular formula is C5H4N8. The molecule has 0 bridgehead atoms. The van der Waals surface area contributed by atoms with Crippen molar-refractivity contribution in [1.82, 2.24) is 35.0 Å². The fourth-order valence-corrected chi connectivity index (χ4v) is 0.829. The van der Waals surface area contributed by atoms with E-state index in [1.165, 1.54) is 15.7 Å². The van der Waals surface area contributed by atoms with Crippen molar-refractivity contribution >= 4 is 0 Å². The predicted molar refractivity (Wildman–Crippen MR) is 38.4 cm³/mol. The van der Waals surface area contributed by atoms with Crippen LogP contribution in [-0.2, 0) is 7.05 Å². The molecule has 8 heteroatoms. The van der Waals surface area contributed by atoms with E-state index >= 15 is 0 Å². The molecule has 0 N–H and O–H groups in total. The molecule has 2 heterocycles. The van der Waals surface area contributed by atoms with Gasteiger partial charge in [-0.05, 0) is 10.4 Å². The molecule has 2 rings (SSSR count). The Morgan fingerprint density at radius 3 is 2.92 bits per heavy atom. The number of hydrogen-bond acceptors (Lipinski definition) is 6. The molecule has 0 saturated carbocycles. The van der Waals surface area contributed by atoms with Crippen LogP contribution in [0, 0.1) is 11.3 Å². The van der Waals surface area contributed by atoms with Gasteiger partial charge < -0.3 is 0 Å². The highest BCUT2D eigenvalue weighted by atomic mass is 15.6. The monoisotopic (exact) mass is 176 g/mol. The topological polar surface area (TPSA) is 98.1 Å². The summed E-state index contributed by atoms with van der Waals surface area (Å²) in [6.07, 6.45) is 1.38. The zero-order valence-corrected chi connectivity index (χ0v) is 6.66. The van der Waals surface area contributed by atoms with Gasteiger partial charge in [-0.3, -0.25) is 0 Å². The molecule has 0 spiro atoms. The first-order valence-corrected chi connectivity index (χ1v) is 3.36. The molecule has 0 saturated heterocycles. The van der Waals surface area contributed by atoms with E-state index in [0.717, 1.165) is 0 Å². The van der Waals surface area contributed by atoms with Crippen molar-refractivity contribution < 1.29 is 0 Å². The molecule has 2 aromatic rings. The lowest BCUT2D eigenvalue weighted by Crippen LogP contribution is -2.04. The smallest absolute Gasteiger partial charge is 0.213 e. The van der Waals surface area contributed by atoms with Gasteiger partial charge >= 0.3 is 0 Å². The normalized spacial score (nSPS) is 9.85. The average Bonchev–Trinajstić information content (AvgIpc) is 2.71. The predicted octanol–water partition coefficient (Wildman–Crippen LogP) is -1.34. The molecule has 0 aromatic carbocycles. The second-order valence-electron chi connectivity index (χ2n) is 2.23. The molecule has 2 aromatic heterocycles.